The number of carbonyl (C=O) groups is 1. The average Bonchev–Trinajstić information content (AvgIpc) is 2.51. The fraction of sp³-hybridized carbons (Fsp3) is 0.588. The predicted molar refractivity (Wildman–Crippen MR) is 90.4 cm³/mol. The van der Waals surface area contributed by atoms with E-state index in [4.69, 9.17) is 0 Å². The molecular formula is C17H26F3N3O. The second kappa shape index (κ2) is 9.39. The average molecular weight is 345 g/mol. The zero-order valence-electron chi connectivity index (χ0n) is 14.5. The number of nitrogens with one attached hydrogen (secondary N) is 1. The third-order valence-corrected chi connectivity index (χ3v) is 3.74. The fourth-order valence-electron chi connectivity index (χ4n) is 2.37. The minimum absolute atomic E-state index is 0.247. The molecule has 2 amide bonds. The first kappa shape index (κ1) is 20.1. The van der Waals surface area contributed by atoms with Crippen molar-refractivity contribution in [3.05, 3.63) is 29.8 Å². The van der Waals surface area contributed by atoms with Gasteiger partial charge in [0.2, 0.25) is 0 Å². The molecule has 4 nitrogen and oxygen atoms in total. The summed E-state index contributed by atoms with van der Waals surface area (Å²) in [5.74, 6) is 0. The Morgan fingerprint density at radius 1 is 1.17 bits per heavy atom. The lowest BCUT2D eigenvalue weighted by Gasteiger charge is -2.26. The van der Waals surface area contributed by atoms with Crippen LogP contribution in [0.5, 0.6) is 0 Å². The van der Waals surface area contributed by atoms with Crippen molar-refractivity contribution in [2.45, 2.75) is 33.4 Å². The number of hydrogen-bond acceptors (Lipinski definition) is 2. The van der Waals surface area contributed by atoms with Gasteiger partial charge in [-0.2, -0.15) is 13.2 Å². The maximum atomic E-state index is 12.3. The van der Waals surface area contributed by atoms with Gasteiger partial charge in [0, 0.05) is 38.4 Å². The Hall–Kier alpha value is -1.92. The van der Waals surface area contributed by atoms with Crippen molar-refractivity contribution >= 4 is 11.7 Å². The Bertz CT molecular complexity index is 520. The van der Waals surface area contributed by atoms with Crippen LogP contribution < -0.4 is 10.2 Å². The molecule has 0 spiro atoms. The largest absolute Gasteiger partial charge is 0.390 e. The summed E-state index contributed by atoms with van der Waals surface area (Å²) in [4.78, 5) is 15.3. The highest BCUT2D eigenvalue weighted by atomic mass is 19.4. The van der Waals surface area contributed by atoms with Gasteiger partial charge in [-0.15, -0.1) is 0 Å². The maximum absolute atomic E-state index is 12.3. The highest BCUT2D eigenvalue weighted by Crippen LogP contribution is 2.19. The third kappa shape index (κ3) is 7.10. The molecule has 1 rings (SSSR count). The van der Waals surface area contributed by atoms with E-state index in [0.717, 1.165) is 17.8 Å². The van der Waals surface area contributed by atoms with E-state index in [0.29, 0.717) is 13.1 Å². The molecular weight excluding hydrogens is 319 g/mol. The Kier molecular flexibility index (Phi) is 7.88. The number of rotatable bonds is 8. The van der Waals surface area contributed by atoms with E-state index in [2.05, 4.69) is 16.3 Å². The van der Waals surface area contributed by atoms with Gasteiger partial charge in [0.1, 0.15) is 0 Å². The number of benzene rings is 1. The van der Waals surface area contributed by atoms with Crippen molar-refractivity contribution in [3.8, 4) is 0 Å². The van der Waals surface area contributed by atoms with Crippen molar-refractivity contribution in [1.29, 1.82) is 0 Å². The van der Waals surface area contributed by atoms with Crippen LogP contribution in [0.3, 0.4) is 0 Å². The zero-order chi connectivity index (χ0) is 18.2. The molecule has 0 radical (unpaired) electrons. The molecule has 0 atom stereocenters. The molecule has 0 saturated carbocycles. The summed E-state index contributed by atoms with van der Waals surface area (Å²) < 4.78 is 36.8. The lowest BCUT2D eigenvalue weighted by atomic mass is 10.2. The maximum Gasteiger partial charge on any atom is 0.390 e. The Morgan fingerprint density at radius 2 is 1.88 bits per heavy atom. The first-order valence-electron chi connectivity index (χ1n) is 8.18. The zero-order valence-corrected chi connectivity index (χ0v) is 14.5. The van der Waals surface area contributed by atoms with E-state index in [9.17, 15) is 18.0 Å². The molecule has 1 aromatic rings. The molecule has 0 heterocycles. The molecule has 1 aromatic carbocycles. The molecule has 0 unspecified atom stereocenters. The summed E-state index contributed by atoms with van der Waals surface area (Å²) in [6.45, 7) is 7.39. The van der Waals surface area contributed by atoms with E-state index in [1.54, 1.807) is 6.92 Å². The third-order valence-electron chi connectivity index (χ3n) is 3.74. The normalized spacial score (nSPS) is 11.2. The van der Waals surface area contributed by atoms with Crippen molar-refractivity contribution in [1.82, 2.24) is 10.2 Å². The molecule has 0 aliphatic heterocycles. The van der Waals surface area contributed by atoms with Gasteiger partial charge in [-0.05, 0) is 38.5 Å². The van der Waals surface area contributed by atoms with Crippen molar-refractivity contribution in [2.75, 3.05) is 37.6 Å². The number of alkyl halides is 3. The second-order valence-corrected chi connectivity index (χ2v) is 5.60. The molecule has 0 aliphatic carbocycles. The molecule has 24 heavy (non-hydrogen) atoms. The summed E-state index contributed by atoms with van der Waals surface area (Å²) in [5, 5.41) is 2.70. The summed E-state index contributed by atoms with van der Waals surface area (Å²) >= 11 is 0. The van der Waals surface area contributed by atoms with Gasteiger partial charge in [0.25, 0.3) is 0 Å². The van der Waals surface area contributed by atoms with Gasteiger partial charge < -0.3 is 15.1 Å². The molecule has 0 aliphatic rings. The number of carbonyl (C=O) groups excluding carboxylic acids is 1. The molecule has 0 aromatic heterocycles. The van der Waals surface area contributed by atoms with E-state index < -0.39 is 18.6 Å². The highest BCUT2D eigenvalue weighted by Gasteiger charge is 2.28. The van der Waals surface area contributed by atoms with Gasteiger partial charge in [-0.3, -0.25) is 0 Å². The number of nitrogens with zero attached hydrogens (tertiary/aromatic N) is 2. The lowest BCUT2D eigenvalue weighted by molar-refractivity contribution is -0.136. The highest BCUT2D eigenvalue weighted by molar-refractivity contribution is 5.74. The van der Waals surface area contributed by atoms with Crippen molar-refractivity contribution < 1.29 is 18.0 Å². The van der Waals surface area contributed by atoms with Crippen LogP contribution in [0.2, 0.25) is 0 Å². The number of likely N-dealkylation sites (N-methyl/N-ethyl adjacent to an activating group) is 1. The summed E-state index contributed by atoms with van der Waals surface area (Å²) in [5.41, 5.74) is 2.22. The lowest BCUT2D eigenvalue weighted by Crippen LogP contribution is -2.44. The number of amides is 2. The molecule has 0 saturated heterocycles. The Labute approximate surface area is 141 Å². The Balaban J connectivity index is 2.47. The van der Waals surface area contributed by atoms with Crippen LogP contribution in [0.4, 0.5) is 23.7 Å². The molecule has 136 valence electrons. The topological polar surface area (TPSA) is 35.6 Å². The van der Waals surface area contributed by atoms with Crippen LogP contribution in [0.25, 0.3) is 0 Å². The first-order valence-corrected chi connectivity index (χ1v) is 8.18. The van der Waals surface area contributed by atoms with Gasteiger partial charge >= 0.3 is 12.2 Å². The van der Waals surface area contributed by atoms with Crippen molar-refractivity contribution in [3.63, 3.8) is 0 Å². The fourth-order valence-corrected chi connectivity index (χ4v) is 2.37. The van der Waals surface area contributed by atoms with E-state index >= 15 is 0 Å². The minimum Gasteiger partial charge on any atom is -0.370 e. The van der Waals surface area contributed by atoms with Crippen molar-refractivity contribution in [2.24, 2.45) is 0 Å². The van der Waals surface area contributed by atoms with Crippen LogP contribution in [-0.2, 0) is 0 Å². The van der Waals surface area contributed by atoms with Crippen LogP contribution in [0.1, 0.15) is 25.8 Å². The molecule has 0 fully saturated rings. The Morgan fingerprint density at radius 3 is 2.42 bits per heavy atom. The molecule has 1 N–H and O–H groups in total. The van der Waals surface area contributed by atoms with E-state index in [1.807, 2.05) is 32.0 Å². The number of hydrogen-bond donors (Lipinski definition) is 1. The summed E-state index contributed by atoms with van der Waals surface area (Å²) in [6.07, 6.45) is -5.24. The number of urea groups is 1. The molecule has 0 bridgehead atoms. The van der Waals surface area contributed by atoms with E-state index in [1.165, 1.54) is 4.90 Å². The van der Waals surface area contributed by atoms with Crippen LogP contribution in [0, 0.1) is 6.92 Å². The summed E-state index contributed by atoms with van der Waals surface area (Å²) in [7, 11) is 0. The summed E-state index contributed by atoms with van der Waals surface area (Å²) in [6, 6.07) is 7.59. The quantitative estimate of drug-likeness (QED) is 0.778. The number of halogens is 3. The molecule has 7 heteroatoms. The smallest absolute Gasteiger partial charge is 0.370 e. The standard InChI is InChI=1S/C17H26F3N3O/c1-4-22(15-8-6-7-14(3)13-15)12-10-21-16(24)23(5-2)11-9-17(18,19)20/h6-8,13H,4-5,9-12H2,1-3H3,(H,21,24). The van der Waals surface area contributed by atoms with Crippen LogP contribution in [-0.4, -0.2) is 49.8 Å². The SMILES string of the molecule is CCN(CCC(F)(F)F)C(=O)NCCN(CC)c1cccc(C)c1. The second-order valence-electron chi connectivity index (χ2n) is 5.60. The van der Waals surface area contributed by atoms with Crippen LogP contribution in [0.15, 0.2) is 24.3 Å². The monoisotopic (exact) mass is 345 g/mol. The predicted octanol–water partition coefficient (Wildman–Crippen LogP) is 3.81. The number of aryl methyl sites for hydroxylation is 1. The van der Waals surface area contributed by atoms with Gasteiger partial charge in [0.15, 0.2) is 0 Å². The van der Waals surface area contributed by atoms with Crippen LogP contribution >= 0.6 is 0 Å². The first-order chi connectivity index (χ1) is 11.3. The van der Waals surface area contributed by atoms with Gasteiger partial charge in [0.05, 0.1) is 6.42 Å². The van der Waals surface area contributed by atoms with Gasteiger partial charge in [-0.25, -0.2) is 4.79 Å². The number of anilines is 1. The van der Waals surface area contributed by atoms with Gasteiger partial charge in [-0.1, -0.05) is 12.1 Å². The van der Waals surface area contributed by atoms with E-state index in [-0.39, 0.29) is 13.1 Å². The minimum atomic E-state index is -4.25.